The van der Waals surface area contributed by atoms with Crippen LogP contribution in [0, 0.1) is 12.7 Å². The average Bonchev–Trinajstić information content (AvgIpc) is 3.35. The number of halogens is 1. The van der Waals surface area contributed by atoms with E-state index in [1.54, 1.807) is 23.5 Å². The first-order valence-corrected chi connectivity index (χ1v) is 13.5. The average molecular weight is 506 g/mol. The molecule has 2 aliphatic rings. The molecule has 2 aliphatic heterocycles. The van der Waals surface area contributed by atoms with Gasteiger partial charge in [-0.3, -0.25) is 14.5 Å². The summed E-state index contributed by atoms with van der Waals surface area (Å²) >= 11 is 1.80. The number of nitrogens with zero attached hydrogens (tertiary/aromatic N) is 3. The Labute approximate surface area is 216 Å². The number of hydrogen-bond acceptors (Lipinski definition) is 4. The van der Waals surface area contributed by atoms with Crippen molar-refractivity contribution >= 4 is 23.2 Å². The number of rotatable bonds is 5. The Bertz CT molecular complexity index is 1240. The zero-order valence-electron chi connectivity index (χ0n) is 20.8. The fourth-order valence-corrected chi connectivity index (χ4v) is 6.41. The number of aryl methyl sites for hydroxylation is 1. The number of fused-ring (bicyclic) bond motifs is 1. The molecule has 2 atom stereocenters. The normalized spacial score (nSPS) is 20.3. The summed E-state index contributed by atoms with van der Waals surface area (Å²) in [6.07, 6.45) is 1.21. The Hall–Kier alpha value is -3.03. The van der Waals surface area contributed by atoms with E-state index in [-0.39, 0.29) is 36.1 Å². The number of hydrogen-bond donors (Lipinski definition) is 0. The number of amides is 2. The molecule has 1 saturated heterocycles. The Morgan fingerprint density at radius 2 is 1.75 bits per heavy atom. The van der Waals surface area contributed by atoms with Crippen LogP contribution in [0.5, 0.6) is 0 Å². The van der Waals surface area contributed by atoms with Crippen LogP contribution in [-0.2, 0) is 22.4 Å². The summed E-state index contributed by atoms with van der Waals surface area (Å²) in [5.41, 5.74) is 4.61. The maximum atomic E-state index is 13.5. The van der Waals surface area contributed by atoms with E-state index in [1.807, 2.05) is 16.7 Å². The van der Waals surface area contributed by atoms with Crippen molar-refractivity contribution in [1.82, 2.24) is 14.7 Å². The van der Waals surface area contributed by atoms with Crippen LogP contribution in [0.1, 0.15) is 40.1 Å². The fourth-order valence-electron chi connectivity index (χ4n) is 5.50. The van der Waals surface area contributed by atoms with Crippen molar-refractivity contribution in [3.8, 4) is 0 Å². The van der Waals surface area contributed by atoms with Gasteiger partial charge in [-0.2, -0.15) is 0 Å². The minimum Gasteiger partial charge on any atom is -0.338 e. The molecule has 0 aliphatic carbocycles. The smallest absolute Gasteiger partial charge is 0.236 e. The topological polar surface area (TPSA) is 43.9 Å². The number of carbonyl (C=O) groups excluding carboxylic acids is 2. The molecule has 0 N–H and O–H groups in total. The molecular formula is C29H32FN3O2S. The lowest BCUT2D eigenvalue weighted by atomic mass is 9.90. The highest BCUT2D eigenvalue weighted by atomic mass is 32.1. The zero-order chi connectivity index (χ0) is 25.2. The second-order valence-corrected chi connectivity index (χ2v) is 10.9. The van der Waals surface area contributed by atoms with Crippen molar-refractivity contribution in [3.63, 3.8) is 0 Å². The van der Waals surface area contributed by atoms with Gasteiger partial charge in [-0.25, -0.2) is 4.39 Å². The molecule has 0 radical (unpaired) electrons. The van der Waals surface area contributed by atoms with Crippen LogP contribution in [0.3, 0.4) is 0 Å². The van der Waals surface area contributed by atoms with E-state index in [9.17, 15) is 14.0 Å². The van der Waals surface area contributed by atoms with Crippen molar-refractivity contribution < 1.29 is 14.0 Å². The van der Waals surface area contributed by atoms with Crippen molar-refractivity contribution in [1.29, 1.82) is 0 Å². The first-order chi connectivity index (χ1) is 17.4. The number of carbonyl (C=O) groups is 2. The molecule has 1 fully saturated rings. The maximum Gasteiger partial charge on any atom is 0.236 e. The number of piperazine rings is 1. The monoisotopic (exact) mass is 505 g/mol. The van der Waals surface area contributed by atoms with Gasteiger partial charge in [0.2, 0.25) is 11.8 Å². The van der Waals surface area contributed by atoms with Crippen LogP contribution in [0.2, 0.25) is 0 Å². The summed E-state index contributed by atoms with van der Waals surface area (Å²) in [5, 5.41) is 2.16. The first kappa shape index (κ1) is 24.7. The van der Waals surface area contributed by atoms with Crippen molar-refractivity contribution in [3.05, 3.63) is 92.9 Å². The van der Waals surface area contributed by atoms with E-state index in [2.05, 4.69) is 47.5 Å². The van der Waals surface area contributed by atoms with E-state index >= 15 is 0 Å². The third-order valence-electron chi connectivity index (χ3n) is 7.46. The van der Waals surface area contributed by atoms with Crippen molar-refractivity contribution in [2.75, 3.05) is 32.7 Å². The molecule has 3 heterocycles. The van der Waals surface area contributed by atoms with E-state index in [0.717, 1.165) is 18.5 Å². The highest BCUT2D eigenvalue weighted by Gasteiger charge is 2.34. The van der Waals surface area contributed by atoms with E-state index in [0.29, 0.717) is 26.2 Å². The van der Waals surface area contributed by atoms with Crippen LogP contribution < -0.4 is 0 Å². The molecule has 7 heteroatoms. The SMILES string of the molecule is Cc1ccccc1[C@@H]1c2ccsc2CCN1CC(=O)N1CCN(C(=O)Cc2ccc(F)cc2)[C@H](C)C1. The lowest BCUT2D eigenvalue weighted by Crippen LogP contribution is -2.57. The van der Waals surface area contributed by atoms with E-state index in [1.165, 1.54) is 33.7 Å². The molecule has 0 spiro atoms. The van der Waals surface area contributed by atoms with Gasteiger partial charge in [-0.05, 0) is 66.1 Å². The molecule has 5 rings (SSSR count). The first-order valence-electron chi connectivity index (χ1n) is 12.6. The summed E-state index contributed by atoms with van der Waals surface area (Å²) in [6.45, 7) is 6.93. The Kier molecular flexibility index (Phi) is 7.21. The minimum absolute atomic E-state index is 0.0156. The molecule has 3 aromatic rings. The van der Waals surface area contributed by atoms with Gasteiger partial charge in [-0.15, -0.1) is 11.3 Å². The molecule has 2 amide bonds. The maximum absolute atomic E-state index is 13.5. The Balaban J connectivity index is 1.25. The molecule has 1 aromatic heterocycles. The van der Waals surface area contributed by atoms with Gasteiger partial charge in [0, 0.05) is 37.1 Å². The van der Waals surface area contributed by atoms with Crippen molar-refractivity contribution in [2.45, 2.75) is 38.8 Å². The molecule has 36 heavy (non-hydrogen) atoms. The summed E-state index contributed by atoms with van der Waals surface area (Å²) < 4.78 is 13.2. The lowest BCUT2D eigenvalue weighted by Gasteiger charge is -2.42. The van der Waals surface area contributed by atoms with E-state index < -0.39 is 0 Å². The van der Waals surface area contributed by atoms with Crippen LogP contribution >= 0.6 is 11.3 Å². The van der Waals surface area contributed by atoms with Gasteiger partial charge in [0.05, 0.1) is 19.0 Å². The quantitative estimate of drug-likeness (QED) is 0.515. The van der Waals surface area contributed by atoms with Gasteiger partial charge >= 0.3 is 0 Å². The minimum atomic E-state index is -0.305. The van der Waals surface area contributed by atoms with Gasteiger partial charge < -0.3 is 9.80 Å². The van der Waals surface area contributed by atoms with Crippen LogP contribution in [0.4, 0.5) is 4.39 Å². The fraction of sp³-hybridized carbons (Fsp3) is 0.379. The zero-order valence-corrected chi connectivity index (χ0v) is 21.6. The Morgan fingerprint density at radius 1 is 0.972 bits per heavy atom. The molecular weight excluding hydrogens is 473 g/mol. The van der Waals surface area contributed by atoms with Gasteiger partial charge in [0.15, 0.2) is 0 Å². The Morgan fingerprint density at radius 3 is 2.50 bits per heavy atom. The molecule has 0 bridgehead atoms. The van der Waals surface area contributed by atoms with Gasteiger partial charge in [0.25, 0.3) is 0 Å². The number of thiophene rings is 1. The summed E-state index contributed by atoms with van der Waals surface area (Å²) in [6, 6.07) is 16.8. The third-order valence-corrected chi connectivity index (χ3v) is 8.45. The standard InChI is InChI=1S/C29H32FN3O2S/c1-20-5-3-4-6-24(20)29-25-12-16-36-26(25)11-13-32(29)19-28(35)31-14-15-33(21(2)18-31)27(34)17-22-7-9-23(30)10-8-22/h3-10,12,16,21,29H,11,13-15,17-19H2,1-2H3/t21-,29-/m1/s1. The third kappa shape index (κ3) is 5.08. The molecule has 0 saturated carbocycles. The highest BCUT2D eigenvalue weighted by molar-refractivity contribution is 7.10. The number of benzene rings is 2. The second-order valence-electron chi connectivity index (χ2n) is 9.86. The lowest BCUT2D eigenvalue weighted by molar-refractivity contribution is -0.143. The van der Waals surface area contributed by atoms with E-state index in [4.69, 9.17) is 0 Å². The summed E-state index contributed by atoms with van der Waals surface area (Å²) in [5.74, 6) is -0.174. The highest BCUT2D eigenvalue weighted by Crippen LogP contribution is 2.38. The molecule has 5 nitrogen and oxygen atoms in total. The van der Waals surface area contributed by atoms with Crippen LogP contribution in [0.25, 0.3) is 0 Å². The van der Waals surface area contributed by atoms with Gasteiger partial charge in [0.1, 0.15) is 5.82 Å². The van der Waals surface area contributed by atoms with Crippen LogP contribution in [-0.4, -0.2) is 65.3 Å². The summed E-state index contributed by atoms with van der Waals surface area (Å²) in [7, 11) is 0. The predicted molar refractivity (Wildman–Crippen MR) is 140 cm³/mol. The summed E-state index contributed by atoms with van der Waals surface area (Å²) in [4.78, 5) is 33.9. The molecule has 0 unspecified atom stereocenters. The van der Waals surface area contributed by atoms with Crippen molar-refractivity contribution in [2.24, 2.45) is 0 Å². The molecule has 188 valence electrons. The largest absolute Gasteiger partial charge is 0.338 e. The predicted octanol–water partition coefficient (Wildman–Crippen LogP) is 4.45. The molecule has 2 aromatic carbocycles. The second kappa shape index (κ2) is 10.5. The van der Waals surface area contributed by atoms with Gasteiger partial charge in [-0.1, -0.05) is 36.4 Å². The van der Waals surface area contributed by atoms with Crippen LogP contribution in [0.15, 0.2) is 60.0 Å².